The molecule has 0 aliphatic heterocycles. The number of alkyl halides is 1. The molecule has 0 fully saturated rings. The van der Waals surface area contributed by atoms with E-state index in [0.29, 0.717) is 11.4 Å². The molecule has 0 spiro atoms. The molecule has 2 aromatic carbocycles. The Balaban J connectivity index is 2.17. The molecular weight excluding hydrogens is 331 g/mol. The Morgan fingerprint density at radius 3 is 2.57 bits per heavy atom. The number of benzene rings is 2. The van der Waals surface area contributed by atoms with Gasteiger partial charge < -0.3 is 4.57 Å². The minimum absolute atomic E-state index is 0.151. The third-order valence-corrected chi connectivity index (χ3v) is 4.00. The third kappa shape index (κ3) is 2.60. The van der Waals surface area contributed by atoms with Crippen LogP contribution in [0.3, 0.4) is 0 Å². The molecule has 21 heavy (non-hydrogen) atoms. The molecule has 3 rings (SSSR count). The van der Waals surface area contributed by atoms with Crippen LogP contribution < -0.4 is 0 Å². The number of fused-ring (bicyclic) bond motifs is 1. The standard InChI is InChI=1S/C17H16BrFN2/c1-11(2)21-15-9-4-3-8-14(15)20-17(21)16(19)12-6-5-7-13(18)10-12/h3-11,16H,1-2H3. The lowest BCUT2D eigenvalue weighted by molar-refractivity contribution is 0.365. The smallest absolute Gasteiger partial charge is 0.183 e. The number of hydrogen-bond donors (Lipinski definition) is 0. The zero-order chi connectivity index (χ0) is 15.0. The van der Waals surface area contributed by atoms with Gasteiger partial charge >= 0.3 is 0 Å². The van der Waals surface area contributed by atoms with Gasteiger partial charge in [0.1, 0.15) is 5.82 Å². The van der Waals surface area contributed by atoms with E-state index in [9.17, 15) is 0 Å². The maximum Gasteiger partial charge on any atom is 0.183 e. The fourth-order valence-corrected chi connectivity index (χ4v) is 3.01. The van der Waals surface area contributed by atoms with Crippen molar-refractivity contribution in [1.82, 2.24) is 9.55 Å². The number of aromatic nitrogens is 2. The van der Waals surface area contributed by atoms with Crippen LogP contribution in [0.1, 0.15) is 37.4 Å². The van der Waals surface area contributed by atoms with Crippen LogP contribution >= 0.6 is 15.9 Å². The Labute approximate surface area is 131 Å². The average Bonchev–Trinajstić information content (AvgIpc) is 2.85. The summed E-state index contributed by atoms with van der Waals surface area (Å²) in [6, 6.07) is 15.3. The van der Waals surface area contributed by atoms with Gasteiger partial charge in [-0.15, -0.1) is 0 Å². The molecule has 1 aromatic heterocycles. The first-order valence-corrected chi connectivity index (χ1v) is 7.73. The van der Waals surface area contributed by atoms with Gasteiger partial charge in [-0.1, -0.05) is 40.2 Å². The van der Waals surface area contributed by atoms with Crippen LogP contribution in [0, 0.1) is 0 Å². The molecule has 2 nitrogen and oxygen atoms in total. The highest BCUT2D eigenvalue weighted by molar-refractivity contribution is 9.10. The molecule has 0 radical (unpaired) electrons. The lowest BCUT2D eigenvalue weighted by Crippen LogP contribution is -2.09. The van der Waals surface area contributed by atoms with Gasteiger partial charge in [0, 0.05) is 10.5 Å². The highest BCUT2D eigenvalue weighted by atomic mass is 79.9. The van der Waals surface area contributed by atoms with Crippen molar-refractivity contribution in [3.8, 4) is 0 Å². The summed E-state index contributed by atoms with van der Waals surface area (Å²) in [5.41, 5.74) is 2.42. The van der Waals surface area contributed by atoms with Gasteiger partial charge in [0.2, 0.25) is 0 Å². The lowest BCUT2D eigenvalue weighted by atomic mass is 10.1. The van der Waals surface area contributed by atoms with Gasteiger partial charge in [-0.05, 0) is 43.7 Å². The van der Waals surface area contributed by atoms with E-state index < -0.39 is 6.17 Å². The Morgan fingerprint density at radius 1 is 1.10 bits per heavy atom. The fourth-order valence-electron chi connectivity index (χ4n) is 2.60. The van der Waals surface area contributed by atoms with Gasteiger partial charge in [-0.25, -0.2) is 9.37 Å². The number of para-hydroxylation sites is 2. The van der Waals surface area contributed by atoms with Crippen LogP contribution in [0.2, 0.25) is 0 Å². The predicted octanol–water partition coefficient (Wildman–Crippen LogP) is 5.44. The van der Waals surface area contributed by atoms with Crippen molar-refractivity contribution < 1.29 is 4.39 Å². The maximum atomic E-state index is 15.0. The fraction of sp³-hybridized carbons (Fsp3) is 0.235. The van der Waals surface area contributed by atoms with Crippen molar-refractivity contribution in [2.45, 2.75) is 26.1 Å². The Kier molecular flexibility index (Phi) is 3.81. The Morgan fingerprint density at radius 2 is 1.86 bits per heavy atom. The summed E-state index contributed by atoms with van der Waals surface area (Å²) in [6.45, 7) is 4.09. The number of rotatable bonds is 3. The van der Waals surface area contributed by atoms with E-state index in [1.807, 2.05) is 54.8 Å². The van der Waals surface area contributed by atoms with Crippen molar-refractivity contribution in [3.63, 3.8) is 0 Å². The van der Waals surface area contributed by atoms with Crippen LogP contribution in [0.4, 0.5) is 4.39 Å². The monoisotopic (exact) mass is 346 g/mol. The summed E-state index contributed by atoms with van der Waals surface area (Å²) in [5.74, 6) is 0.462. The van der Waals surface area contributed by atoms with E-state index in [0.717, 1.165) is 15.5 Å². The van der Waals surface area contributed by atoms with Gasteiger partial charge in [0.05, 0.1) is 11.0 Å². The predicted molar refractivity (Wildman–Crippen MR) is 87.2 cm³/mol. The summed E-state index contributed by atoms with van der Waals surface area (Å²) in [4.78, 5) is 4.51. The Bertz CT molecular complexity index is 779. The zero-order valence-corrected chi connectivity index (χ0v) is 13.5. The van der Waals surface area contributed by atoms with Crippen molar-refractivity contribution in [3.05, 3.63) is 64.4 Å². The highest BCUT2D eigenvalue weighted by Crippen LogP contribution is 2.32. The number of nitrogens with zero attached hydrogens (tertiary/aromatic N) is 2. The molecule has 108 valence electrons. The van der Waals surface area contributed by atoms with Gasteiger partial charge in [0.15, 0.2) is 6.17 Å². The molecule has 1 atom stereocenters. The van der Waals surface area contributed by atoms with Crippen LogP contribution in [0.15, 0.2) is 53.0 Å². The van der Waals surface area contributed by atoms with E-state index in [1.54, 1.807) is 12.1 Å². The second-order valence-corrected chi connectivity index (χ2v) is 6.26. The first-order chi connectivity index (χ1) is 10.1. The number of imidazole rings is 1. The van der Waals surface area contributed by atoms with Crippen molar-refractivity contribution in [1.29, 1.82) is 0 Å². The quantitative estimate of drug-likeness (QED) is 0.617. The summed E-state index contributed by atoms with van der Waals surface area (Å²) < 4.78 is 17.8. The SMILES string of the molecule is CC(C)n1c(C(F)c2cccc(Br)c2)nc2ccccc21. The molecule has 0 saturated carbocycles. The molecule has 4 heteroatoms. The van der Waals surface area contributed by atoms with Crippen LogP contribution in [0.25, 0.3) is 11.0 Å². The Hall–Kier alpha value is -1.68. The molecule has 0 saturated heterocycles. The van der Waals surface area contributed by atoms with E-state index in [4.69, 9.17) is 0 Å². The van der Waals surface area contributed by atoms with E-state index >= 15 is 4.39 Å². The largest absolute Gasteiger partial charge is 0.323 e. The van der Waals surface area contributed by atoms with Crippen LogP contribution in [-0.4, -0.2) is 9.55 Å². The molecule has 3 aromatic rings. The van der Waals surface area contributed by atoms with Crippen molar-refractivity contribution in [2.75, 3.05) is 0 Å². The summed E-state index contributed by atoms with van der Waals surface area (Å²) in [6.07, 6.45) is -1.24. The lowest BCUT2D eigenvalue weighted by Gasteiger charge is -2.16. The molecule has 1 heterocycles. The second-order valence-electron chi connectivity index (χ2n) is 5.34. The summed E-state index contributed by atoms with van der Waals surface area (Å²) in [5, 5.41) is 0. The third-order valence-electron chi connectivity index (χ3n) is 3.51. The van der Waals surface area contributed by atoms with Crippen molar-refractivity contribution >= 4 is 27.0 Å². The average molecular weight is 347 g/mol. The summed E-state index contributed by atoms with van der Waals surface area (Å²) in [7, 11) is 0. The molecular formula is C17H16BrFN2. The first kappa shape index (κ1) is 14.3. The number of hydrogen-bond acceptors (Lipinski definition) is 1. The first-order valence-electron chi connectivity index (χ1n) is 6.94. The van der Waals surface area contributed by atoms with Crippen LogP contribution in [0.5, 0.6) is 0 Å². The molecule has 0 aliphatic carbocycles. The second kappa shape index (κ2) is 5.60. The van der Waals surface area contributed by atoms with Crippen LogP contribution in [-0.2, 0) is 0 Å². The minimum atomic E-state index is -1.24. The maximum absolute atomic E-state index is 15.0. The van der Waals surface area contributed by atoms with E-state index in [2.05, 4.69) is 20.9 Å². The zero-order valence-electron chi connectivity index (χ0n) is 11.9. The minimum Gasteiger partial charge on any atom is -0.323 e. The number of halogens is 2. The topological polar surface area (TPSA) is 17.8 Å². The van der Waals surface area contributed by atoms with Crippen molar-refractivity contribution in [2.24, 2.45) is 0 Å². The highest BCUT2D eigenvalue weighted by Gasteiger charge is 2.22. The van der Waals surface area contributed by atoms with E-state index in [1.165, 1.54) is 0 Å². The van der Waals surface area contributed by atoms with E-state index in [-0.39, 0.29) is 6.04 Å². The molecule has 0 bridgehead atoms. The molecule has 0 amide bonds. The van der Waals surface area contributed by atoms with Gasteiger partial charge in [-0.3, -0.25) is 0 Å². The summed E-state index contributed by atoms with van der Waals surface area (Å²) >= 11 is 3.39. The molecule has 1 unspecified atom stereocenters. The normalized spacial score (nSPS) is 13.0. The molecule has 0 aliphatic rings. The van der Waals surface area contributed by atoms with Gasteiger partial charge in [-0.2, -0.15) is 0 Å². The van der Waals surface area contributed by atoms with Gasteiger partial charge in [0.25, 0.3) is 0 Å². The molecule has 0 N–H and O–H groups in total.